The van der Waals surface area contributed by atoms with Gasteiger partial charge in [0.15, 0.2) is 0 Å². The van der Waals surface area contributed by atoms with Crippen molar-refractivity contribution in [3.63, 3.8) is 0 Å². The molecule has 25 heavy (non-hydrogen) atoms. The van der Waals surface area contributed by atoms with Crippen molar-refractivity contribution in [2.24, 2.45) is 0 Å². The molecule has 2 aromatic rings. The van der Waals surface area contributed by atoms with Gasteiger partial charge in [0.05, 0.1) is 12.2 Å². The Hall–Kier alpha value is -1.89. The molecule has 0 bridgehead atoms. The Morgan fingerprint density at radius 1 is 1.16 bits per heavy atom. The maximum absolute atomic E-state index is 13.1. The molecule has 138 valence electrons. The van der Waals surface area contributed by atoms with Crippen LogP contribution in [0.4, 0.5) is 4.39 Å². The van der Waals surface area contributed by atoms with E-state index < -0.39 is 0 Å². The second-order valence-corrected chi connectivity index (χ2v) is 5.60. The zero-order valence-electron chi connectivity index (χ0n) is 14.8. The summed E-state index contributed by atoms with van der Waals surface area (Å²) in [6.45, 7) is 6.45. The monoisotopic (exact) mass is 369 g/mol. The first-order valence-corrected chi connectivity index (χ1v) is 7.97. The zero-order chi connectivity index (χ0) is 17.5. The number of nitrogens with one attached hydrogen (secondary N) is 2. The summed E-state index contributed by atoms with van der Waals surface area (Å²) in [5.74, 6) is -0.384. The van der Waals surface area contributed by atoms with E-state index in [2.05, 4.69) is 10.6 Å². The number of hydrogen-bond acceptors (Lipinski definition) is 3. The van der Waals surface area contributed by atoms with E-state index >= 15 is 0 Å². The van der Waals surface area contributed by atoms with E-state index in [1.165, 1.54) is 12.1 Å². The molecule has 0 aliphatic heterocycles. The second kappa shape index (κ2) is 10.2. The highest BCUT2D eigenvalue weighted by molar-refractivity contribution is 5.95. The van der Waals surface area contributed by atoms with Crippen LogP contribution in [-0.4, -0.2) is 43.8 Å². The highest BCUT2D eigenvalue weighted by Gasteiger charge is 2.16. The molecule has 7 heteroatoms. The third kappa shape index (κ3) is 5.56. The fourth-order valence-corrected chi connectivity index (χ4v) is 2.64. The molecule has 2 N–H and O–H groups in total. The van der Waals surface area contributed by atoms with Gasteiger partial charge in [-0.15, -0.1) is 12.4 Å². The number of rotatable bonds is 8. The van der Waals surface area contributed by atoms with E-state index in [0.29, 0.717) is 25.3 Å². The van der Waals surface area contributed by atoms with Crippen LogP contribution in [0.3, 0.4) is 0 Å². The predicted octanol–water partition coefficient (Wildman–Crippen LogP) is 2.62. The van der Waals surface area contributed by atoms with E-state index in [9.17, 15) is 9.18 Å². The van der Waals surface area contributed by atoms with Crippen molar-refractivity contribution < 1.29 is 13.9 Å². The third-order valence-corrected chi connectivity index (χ3v) is 3.83. The van der Waals surface area contributed by atoms with Crippen molar-refractivity contribution in [1.29, 1.82) is 0 Å². The topological polar surface area (TPSA) is 55.3 Å². The first-order chi connectivity index (χ1) is 11.5. The van der Waals surface area contributed by atoms with Gasteiger partial charge in [0, 0.05) is 43.8 Å². The smallest absolute Gasteiger partial charge is 0.253 e. The molecule has 0 radical (unpaired) electrons. The van der Waals surface area contributed by atoms with Gasteiger partial charge in [-0.05, 0) is 44.2 Å². The number of carbonyl (C=O) groups is 1. The van der Waals surface area contributed by atoms with Crippen molar-refractivity contribution >= 4 is 18.3 Å². The maximum atomic E-state index is 13.1. The van der Waals surface area contributed by atoms with E-state index in [-0.39, 0.29) is 24.1 Å². The SMILES string of the molecule is COCCNCCNC(=O)c1cc(C)n(-c2ccc(F)cc2)c1C.Cl. The van der Waals surface area contributed by atoms with Crippen LogP contribution < -0.4 is 10.6 Å². The van der Waals surface area contributed by atoms with E-state index in [4.69, 9.17) is 4.74 Å². The molecule has 0 spiro atoms. The summed E-state index contributed by atoms with van der Waals surface area (Å²) in [5.41, 5.74) is 3.24. The number of nitrogens with zero attached hydrogens (tertiary/aromatic N) is 1. The van der Waals surface area contributed by atoms with Crippen molar-refractivity contribution in [1.82, 2.24) is 15.2 Å². The van der Waals surface area contributed by atoms with Crippen molar-refractivity contribution in [3.05, 3.63) is 53.1 Å². The number of amides is 1. The standard InChI is InChI=1S/C18H24FN3O2.ClH/c1-13-12-17(18(23)21-9-8-20-10-11-24-3)14(2)22(13)16-6-4-15(19)5-7-16;/h4-7,12,20H,8-11H2,1-3H3,(H,21,23);1H. The Morgan fingerprint density at radius 3 is 2.48 bits per heavy atom. The first-order valence-electron chi connectivity index (χ1n) is 7.97. The minimum atomic E-state index is -0.278. The average Bonchev–Trinajstić information content (AvgIpc) is 2.86. The summed E-state index contributed by atoms with van der Waals surface area (Å²) >= 11 is 0. The van der Waals surface area contributed by atoms with Crippen LogP contribution in [0.2, 0.25) is 0 Å². The fraction of sp³-hybridized carbons (Fsp3) is 0.389. The molecule has 0 unspecified atom stereocenters. The number of benzene rings is 1. The van der Waals surface area contributed by atoms with Gasteiger partial charge in [-0.2, -0.15) is 0 Å². The molecule has 1 aromatic carbocycles. The fourth-order valence-electron chi connectivity index (χ4n) is 2.64. The molecule has 0 atom stereocenters. The summed E-state index contributed by atoms with van der Waals surface area (Å²) in [4.78, 5) is 12.4. The number of aryl methyl sites for hydroxylation is 1. The molecule has 0 saturated heterocycles. The van der Waals surface area contributed by atoms with Gasteiger partial charge in [0.1, 0.15) is 5.82 Å². The summed E-state index contributed by atoms with van der Waals surface area (Å²) < 4.78 is 20.0. The van der Waals surface area contributed by atoms with Gasteiger partial charge in [0.25, 0.3) is 5.91 Å². The Kier molecular flexibility index (Phi) is 8.61. The van der Waals surface area contributed by atoms with Crippen LogP contribution in [0.25, 0.3) is 5.69 Å². The van der Waals surface area contributed by atoms with Crippen LogP contribution in [0, 0.1) is 19.7 Å². The number of halogens is 2. The maximum Gasteiger partial charge on any atom is 0.253 e. The molecule has 2 rings (SSSR count). The molecule has 0 aliphatic rings. The highest BCUT2D eigenvalue weighted by atomic mass is 35.5. The quantitative estimate of drug-likeness (QED) is 0.703. The van der Waals surface area contributed by atoms with Gasteiger partial charge in [-0.25, -0.2) is 4.39 Å². The van der Waals surface area contributed by atoms with E-state index in [0.717, 1.165) is 23.6 Å². The summed E-state index contributed by atoms with van der Waals surface area (Å²) in [6.07, 6.45) is 0. The lowest BCUT2D eigenvalue weighted by molar-refractivity contribution is 0.0953. The largest absolute Gasteiger partial charge is 0.383 e. The number of ether oxygens (including phenoxy) is 1. The Morgan fingerprint density at radius 2 is 1.84 bits per heavy atom. The van der Waals surface area contributed by atoms with Gasteiger partial charge in [-0.1, -0.05) is 0 Å². The van der Waals surface area contributed by atoms with Gasteiger partial charge in [-0.3, -0.25) is 4.79 Å². The number of aromatic nitrogens is 1. The molecular weight excluding hydrogens is 345 g/mol. The summed E-state index contributed by atoms with van der Waals surface area (Å²) in [6, 6.07) is 8.10. The molecular formula is C18H25ClFN3O2. The summed E-state index contributed by atoms with van der Waals surface area (Å²) in [7, 11) is 1.65. The molecule has 1 heterocycles. The Balaban J connectivity index is 0.00000312. The summed E-state index contributed by atoms with van der Waals surface area (Å²) in [5, 5.41) is 6.08. The molecule has 1 aromatic heterocycles. The van der Waals surface area contributed by atoms with Gasteiger partial charge < -0.3 is 19.9 Å². The number of carbonyl (C=O) groups excluding carboxylic acids is 1. The first kappa shape index (κ1) is 21.2. The molecule has 1 amide bonds. The Bertz CT molecular complexity index is 686. The van der Waals surface area contributed by atoms with E-state index in [1.807, 2.05) is 24.5 Å². The number of hydrogen-bond donors (Lipinski definition) is 2. The molecule has 5 nitrogen and oxygen atoms in total. The lowest BCUT2D eigenvalue weighted by atomic mass is 10.2. The normalized spacial score (nSPS) is 10.4. The number of methoxy groups -OCH3 is 1. The lowest BCUT2D eigenvalue weighted by Gasteiger charge is -2.10. The van der Waals surface area contributed by atoms with Crippen molar-refractivity contribution in [3.8, 4) is 5.69 Å². The van der Waals surface area contributed by atoms with Crippen molar-refractivity contribution in [2.45, 2.75) is 13.8 Å². The average molecular weight is 370 g/mol. The van der Waals surface area contributed by atoms with Crippen LogP contribution in [0.1, 0.15) is 21.7 Å². The molecule has 0 saturated carbocycles. The minimum absolute atomic E-state index is 0. The Labute approximate surface area is 154 Å². The van der Waals surface area contributed by atoms with Gasteiger partial charge >= 0.3 is 0 Å². The van der Waals surface area contributed by atoms with Crippen LogP contribution in [0.15, 0.2) is 30.3 Å². The van der Waals surface area contributed by atoms with Crippen LogP contribution >= 0.6 is 12.4 Å². The van der Waals surface area contributed by atoms with Crippen LogP contribution in [0.5, 0.6) is 0 Å². The zero-order valence-corrected chi connectivity index (χ0v) is 15.6. The molecule has 0 aliphatic carbocycles. The molecule has 0 fully saturated rings. The minimum Gasteiger partial charge on any atom is -0.383 e. The second-order valence-electron chi connectivity index (χ2n) is 5.60. The predicted molar refractivity (Wildman–Crippen MR) is 99.5 cm³/mol. The lowest BCUT2D eigenvalue weighted by Crippen LogP contribution is -2.33. The van der Waals surface area contributed by atoms with Gasteiger partial charge in [0.2, 0.25) is 0 Å². The highest BCUT2D eigenvalue weighted by Crippen LogP contribution is 2.21. The van der Waals surface area contributed by atoms with Crippen LogP contribution in [-0.2, 0) is 4.74 Å². The van der Waals surface area contributed by atoms with E-state index in [1.54, 1.807) is 19.2 Å². The van der Waals surface area contributed by atoms with Crippen molar-refractivity contribution in [2.75, 3.05) is 33.4 Å². The third-order valence-electron chi connectivity index (χ3n) is 3.83.